The van der Waals surface area contributed by atoms with E-state index >= 15 is 0 Å². The van der Waals surface area contributed by atoms with E-state index in [1.54, 1.807) is 0 Å². The maximum atomic E-state index is 6.18. The zero-order valence-electron chi connectivity index (χ0n) is 11.3. The fourth-order valence-electron chi connectivity index (χ4n) is 3.48. The van der Waals surface area contributed by atoms with Gasteiger partial charge in [0.1, 0.15) is 0 Å². The molecule has 2 nitrogen and oxygen atoms in total. The van der Waals surface area contributed by atoms with Gasteiger partial charge in [0.25, 0.3) is 0 Å². The van der Waals surface area contributed by atoms with Gasteiger partial charge in [-0.3, -0.25) is 4.90 Å². The summed E-state index contributed by atoms with van der Waals surface area (Å²) < 4.78 is 0. The minimum absolute atomic E-state index is 0.315. The van der Waals surface area contributed by atoms with Gasteiger partial charge in [0.05, 0.1) is 0 Å². The first-order chi connectivity index (χ1) is 8.28. The number of thioether (sulfide) groups is 1. The Kier molecular flexibility index (Phi) is 5.19. The summed E-state index contributed by atoms with van der Waals surface area (Å²) in [7, 11) is 2.34. The van der Waals surface area contributed by atoms with Gasteiger partial charge in [0.2, 0.25) is 0 Å². The van der Waals surface area contributed by atoms with Crippen LogP contribution in [-0.4, -0.2) is 41.6 Å². The molecule has 3 heteroatoms. The molecule has 2 fully saturated rings. The van der Waals surface area contributed by atoms with Crippen LogP contribution in [0, 0.1) is 0 Å². The molecule has 0 aromatic carbocycles. The van der Waals surface area contributed by atoms with Crippen molar-refractivity contribution in [2.75, 3.05) is 25.1 Å². The van der Waals surface area contributed by atoms with Crippen molar-refractivity contribution < 1.29 is 0 Å². The summed E-state index contributed by atoms with van der Waals surface area (Å²) in [5, 5.41) is 0. The monoisotopic (exact) mass is 256 g/mol. The van der Waals surface area contributed by atoms with Crippen LogP contribution < -0.4 is 5.73 Å². The van der Waals surface area contributed by atoms with Crippen LogP contribution in [0.15, 0.2) is 0 Å². The molecule has 0 amide bonds. The Labute approximate surface area is 111 Å². The van der Waals surface area contributed by atoms with Gasteiger partial charge in [0.15, 0.2) is 0 Å². The third-order valence-electron chi connectivity index (χ3n) is 4.87. The highest BCUT2D eigenvalue weighted by atomic mass is 32.2. The van der Waals surface area contributed by atoms with E-state index in [9.17, 15) is 0 Å². The van der Waals surface area contributed by atoms with E-state index in [1.807, 2.05) is 0 Å². The lowest BCUT2D eigenvalue weighted by Gasteiger charge is -2.45. The molecule has 0 radical (unpaired) electrons. The molecule has 1 saturated heterocycles. The van der Waals surface area contributed by atoms with Crippen LogP contribution in [0.5, 0.6) is 0 Å². The van der Waals surface area contributed by atoms with E-state index < -0.39 is 0 Å². The summed E-state index contributed by atoms with van der Waals surface area (Å²) >= 11 is 2.11. The number of nitrogens with two attached hydrogens (primary N) is 1. The molecule has 100 valence electrons. The Morgan fingerprint density at radius 1 is 1.18 bits per heavy atom. The van der Waals surface area contributed by atoms with E-state index in [0.717, 1.165) is 12.6 Å². The first-order valence-electron chi connectivity index (χ1n) is 7.29. The van der Waals surface area contributed by atoms with Crippen molar-refractivity contribution in [1.82, 2.24) is 4.90 Å². The highest BCUT2D eigenvalue weighted by Crippen LogP contribution is 2.34. The fourth-order valence-corrected chi connectivity index (χ4v) is 4.75. The van der Waals surface area contributed by atoms with Crippen molar-refractivity contribution in [2.24, 2.45) is 5.73 Å². The van der Waals surface area contributed by atoms with Crippen LogP contribution in [0.4, 0.5) is 0 Å². The average Bonchev–Trinajstić information content (AvgIpc) is 2.82. The minimum atomic E-state index is 0.315. The summed E-state index contributed by atoms with van der Waals surface area (Å²) in [6.45, 7) is 0.852. The number of nitrogens with zero attached hydrogens (tertiary/aromatic N) is 1. The van der Waals surface area contributed by atoms with Crippen LogP contribution in [0.1, 0.15) is 51.4 Å². The second kappa shape index (κ2) is 6.44. The van der Waals surface area contributed by atoms with Crippen molar-refractivity contribution >= 4 is 11.8 Å². The first kappa shape index (κ1) is 13.7. The van der Waals surface area contributed by atoms with E-state index in [1.165, 1.54) is 62.9 Å². The molecule has 0 aromatic heterocycles. The van der Waals surface area contributed by atoms with E-state index in [0.29, 0.717) is 5.54 Å². The first-order valence-corrected chi connectivity index (χ1v) is 8.45. The zero-order chi connectivity index (χ0) is 12.1. The molecule has 0 bridgehead atoms. The molecule has 17 heavy (non-hydrogen) atoms. The summed E-state index contributed by atoms with van der Waals surface area (Å²) in [5.74, 6) is 2.66. The topological polar surface area (TPSA) is 29.3 Å². The molecular formula is C14H28N2S. The van der Waals surface area contributed by atoms with Crippen molar-refractivity contribution in [1.29, 1.82) is 0 Å². The summed E-state index contributed by atoms with van der Waals surface area (Å²) in [4.78, 5) is 2.66. The smallest absolute Gasteiger partial charge is 0.0331 e. The van der Waals surface area contributed by atoms with Crippen LogP contribution in [-0.2, 0) is 0 Å². The third-order valence-corrected chi connectivity index (χ3v) is 6.01. The van der Waals surface area contributed by atoms with Crippen LogP contribution in [0.3, 0.4) is 0 Å². The molecule has 1 unspecified atom stereocenters. The van der Waals surface area contributed by atoms with Crippen LogP contribution in [0.2, 0.25) is 0 Å². The summed E-state index contributed by atoms with van der Waals surface area (Å²) in [6.07, 6.45) is 11.0. The number of likely N-dealkylation sites (N-methyl/N-ethyl adjacent to an activating group) is 1. The van der Waals surface area contributed by atoms with Crippen LogP contribution >= 0.6 is 11.8 Å². The lowest BCUT2D eigenvalue weighted by Crippen LogP contribution is -2.56. The van der Waals surface area contributed by atoms with E-state index in [2.05, 4.69) is 23.7 Å². The Morgan fingerprint density at radius 2 is 1.82 bits per heavy atom. The molecule has 1 saturated carbocycles. The predicted octanol–water partition coefficient (Wildman–Crippen LogP) is 2.87. The second-order valence-electron chi connectivity index (χ2n) is 5.82. The molecule has 1 atom stereocenters. The van der Waals surface area contributed by atoms with Gasteiger partial charge in [-0.1, -0.05) is 32.1 Å². The Bertz CT molecular complexity index is 218. The summed E-state index contributed by atoms with van der Waals surface area (Å²) in [6, 6.07) is 0.781. The van der Waals surface area contributed by atoms with Gasteiger partial charge < -0.3 is 5.73 Å². The number of hydrogen-bond acceptors (Lipinski definition) is 3. The molecule has 2 aliphatic rings. The predicted molar refractivity (Wildman–Crippen MR) is 77.6 cm³/mol. The normalized spacial score (nSPS) is 30.2. The quantitative estimate of drug-likeness (QED) is 0.842. The Morgan fingerprint density at radius 3 is 2.35 bits per heavy atom. The van der Waals surface area contributed by atoms with Gasteiger partial charge in [-0.15, -0.1) is 0 Å². The van der Waals surface area contributed by atoms with E-state index in [-0.39, 0.29) is 0 Å². The van der Waals surface area contributed by atoms with Crippen molar-refractivity contribution in [3.8, 4) is 0 Å². The zero-order valence-corrected chi connectivity index (χ0v) is 12.1. The molecule has 0 aromatic rings. The fraction of sp³-hybridized carbons (Fsp3) is 1.00. The molecule has 1 aliphatic carbocycles. The average molecular weight is 256 g/mol. The van der Waals surface area contributed by atoms with Crippen molar-refractivity contribution in [3.63, 3.8) is 0 Å². The Balaban J connectivity index is 2.03. The number of rotatable bonds is 3. The Hall–Kier alpha value is 0.270. The van der Waals surface area contributed by atoms with Crippen molar-refractivity contribution in [3.05, 3.63) is 0 Å². The largest absolute Gasteiger partial charge is 0.329 e. The van der Waals surface area contributed by atoms with Gasteiger partial charge in [-0.05, 0) is 32.1 Å². The molecule has 0 spiro atoms. The maximum Gasteiger partial charge on any atom is 0.0331 e. The minimum Gasteiger partial charge on any atom is -0.329 e. The maximum absolute atomic E-state index is 6.18. The molecule has 1 heterocycles. The lowest BCUT2D eigenvalue weighted by molar-refractivity contribution is 0.0615. The van der Waals surface area contributed by atoms with Gasteiger partial charge in [0, 0.05) is 23.9 Å². The van der Waals surface area contributed by atoms with Gasteiger partial charge in [-0.2, -0.15) is 11.8 Å². The molecular weight excluding hydrogens is 228 g/mol. The standard InChI is InChI=1S/C14H28N2S/c1-16(13-7-10-17-11-13)14(12-15)8-5-3-2-4-6-9-14/h13H,2-12,15H2,1H3. The highest BCUT2D eigenvalue weighted by Gasteiger charge is 2.37. The van der Waals surface area contributed by atoms with Crippen LogP contribution in [0.25, 0.3) is 0 Å². The molecule has 2 N–H and O–H groups in total. The lowest BCUT2D eigenvalue weighted by atomic mass is 9.82. The SMILES string of the molecule is CN(C1CCSC1)C1(CN)CCCCCCC1. The van der Waals surface area contributed by atoms with E-state index in [4.69, 9.17) is 5.73 Å². The van der Waals surface area contributed by atoms with Gasteiger partial charge >= 0.3 is 0 Å². The summed E-state index contributed by atoms with van der Waals surface area (Å²) in [5.41, 5.74) is 6.49. The highest BCUT2D eigenvalue weighted by molar-refractivity contribution is 7.99. The third kappa shape index (κ3) is 3.18. The molecule has 2 rings (SSSR count). The second-order valence-corrected chi connectivity index (χ2v) is 6.97. The van der Waals surface area contributed by atoms with Crippen molar-refractivity contribution in [2.45, 2.75) is 62.9 Å². The van der Waals surface area contributed by atoms with Gasteiger partial charge in [-0.25, -0.2) is 0 Å². The number of hydrogen-bond donors (Lipinski definition) is 1. The molecule has 1 aliphatic heterocycles.